The molecule has 1 unspecified atom stereocenters. The van der Waals surface area contributed by atoms with Gasteiger partial charge in [-0.1, -0.05) is 50.5 Å². The SMILES string of the molecule is CCc1ccc(CNCC(O)COC2CCCCC2)cc1. The Bertz CT molecular complexity index is 385. The Labute approximate surface area is 128 Å². The number of hydrogen-bond donors (Lipinski definition) is 2. The maximum atomic E-state index is 9.95. The number of ether oxygens (including phenoxy) is 1. The first-order valence-electron chi connectivity index (χ1n) is 8.36. The van der Waals surface area contributed by atoms with Crippen molar-refractivity contribution in [1.29, 1.82) is 0 Å². The van der Waals surface area contributed by atoms with Crippen molar-refractivity contribution in [3.63, 3.8) is 0 Å². The zero-order valence-corrected chi connectivity index (χ0v) is 13.2. The average molecular weight is 291 g/mol. The normalized spacial score (nSPS) is 17.8. The van der Waals surface area contributed by atoms with Gasteiger partial charge in [-0.15, -0.1) is 0 Å². The summed E-state index contributed by atoms with van der Waals surface area (Å²) in [5, 5.41) is 13.2. The predicted octanol–water partition coefficient (Wildman–Crippen LogP) is 3.05. The molecule has 0 saturated heterocycles. The van der Waals surface area contributed by atoms with Crippen LogP contribution in [0.25, 0.3) is 0 Å². The second-order valence-corrected chi connectivity index (χ2v) is 6.05. The number of aryl methyl sites for hydroxylation is 1. The monoisotopic (exact) mass is 291 g/mol. The Morgan fingerprint density at radius 3 is 2.48 bits per heavy atom. The smallest absolute Gasteiger partial charge is 0.0897 e. The van der Waals surface area contributed by atoms with Crippen LogP contribution in [0.3, 0.4) is 0 Å². The van der Waals surface area contributed by atoms with E-state index in [1.165, 1.54) is 30.4 Å². The van der Waals surface area contributed by atoms with Gasteiger partial charge in [0.1, 0.15) is 0 Å². The first-order chi connectivity index (χ1) is 10.3. The summed E-state index contributed by atoms with van der Waals surface area (Å²) in [6.07, 6.45) is 7.22. The highest BCUT2D eigenvalue weighted by atomic mass is 16.5. The number of nitrogens with one attached hydrogen (secondary N) is 1. The van der Waals surface area contributed by atoms with Crippen molar-refractivity contribution < 1.29 is 9.84 Å². The van der Waals surface area contributed by atoms with Gasteiger partial charge in [0.05, 0.1) is 18.8 Å². The van der Waals surface area contributed by atoms with Crippen LogP contribution >= 0.6 is 0 Å². The van der Waals surface area contributed by atoms with Crippen molar-refractivity contribution in [3.8, 4) is 0 Å². The topological polar surface area (TPSA) is 41.5 Å². The quantitative estimate of drug-likeness (QED) is 0.773. The minimum absolute atomic E-state index is 0.370. The van der Waals surface area contributed by atoms with Crippen molar-refractivity contribution in [2.24, 2.45) is 0 Å². The number of rotatable bonds is 8. The second kappa shape index (κ2) is 9.19. The first-order valence-corrected chi connectivity index (χ1v) is 8.36. The largest absolute Gasteiger partial charge is 0.389 e. The average Bonchev–Trinajstić information content (AvgIpc) is 2.54. The summed E-state index contributed by atoms with van der Waals surface area (Å²) in [7, 11) is 0. The molecule has 3 nitrogen and oxygen atoms in total. The molecule has 0 heterocycles. The van der Waals surface area contributed by atoms with E-state index in [0.29, 0.717) is 19.3 Å². The molecule has 0 bridgehead atoms. The molecule has 1 aliphatic rings. The van der Waals surface area contributed by atoms with Crippen molar-refractivity contribution in [1.82, 2.24) is 5.32 Å². The molecule has 0 spiro atoms. The Balaban J connectivity index is 1.58. The summed E-state index contributed by atoms with van der Waals surface area (Å²) in [6, 6.07) is 8.63. The molecule has 0 aliphatic heterocycles. The molecule has 1 atom stereocenters. The first kappa shape index (κ1) is 16.5. The van der Waals surface area contributed by atoms with Crippen molar-refractivity contribution in [2.75, 3.05) is 13.2 Å². The third-order valence-electron chi connectivity index (χ3n) is 4.22. The fourth-order valence-corrected chi connectivity index (χ4v) is 2.81. The van der Waals surface area contributed by atoms with E-state index >= 15 is 0 Å². The van der Waals surface area contributed by atoms with Crippen molar-refractivity contribution in [3.05, 3.63) is 35.4 Å². The van der Waals surface area contributed by atoms with Gasteiger partial charge in [-0.3, -0.25) is 0 Å². The maximum Gasteiger partial charge on any atom is 0.0897 e. The highest BCUT2D eigenvalue weighted by Gasteiger charge is 2.15. The van der Waals surface area contributed by atoms with Crippen LogP contribution in [0, 0.1) is 0 Å². The van der Waals surface area contributed by atoms with Gasteiger partial charge in [-0.2, -0.15) is 0 Å². The van der Waals surface area contributed by atoms with E-state index in [1.807, 2.05) is 0 Å². The van der Waals surface area contributed by atoms with E-state index in [4.69, 9.17) is 4.74 Å². The molecule has 21 heavy (non-hydrogen) atoms. The van der Waals surface area contributed by atoms with Crippen LogP contribution in [0.4, 0.5) is 0 Å². The van der Waals surface area contributed by atoms with Crippen LogP contribution < -0.4 is 5.32 Å². The maximum absolute atomic E-state index is 9.95. The van der Waals surface area contributed by atoms with Crippen LogP contribution in [0.15, 0.2) is 24.3 Å². The lowest BCUT2D eigenvalue weighted by atomic mass is 9.98. The Kier molecular flexibility index (Phi) is 7.20. The van der Waals surface area contributed by atoms with E-state index in [0.717, 1.165) is 25.8 Å². The van der Waals surface area contributed by atoms with Gasteiger partial charge in [-0.25, -0.2) is 0 Å². The van der Waals surface area contributed by atoms with E-state index in [2.05, 4.69) is 36.5 Å². The number of aliphatic hydroxyl groups is 1. The summed E-state index contributed by atoms with van der Waals surface area (Å²) in [6.45, 7) is 4.00. The molecular weight excluding hydrogens is 262 g/mol. The molecule has 1 aromatic rings. The zero-order chi connectivity index (χ0) is 14.9. The molecule has 1 aliphatic carbocycles. The van der Waals surface area contributed by atoms with Gasteiger partial charge in [0.2, 0.25) is 0 Å². The summed E-state index contributed by atoms with van der Waals surface area (Å²) in [4.78, 5) is 0. The Morgan fingerprint density at radius 2 is 1.81 bits per heavy atom. The van der Waals surface area contributed by atoms with Gasteiger partial charge < -0.3 is 15.2 Å². The summed E-state index contributed by atoms with van der Waals surface area (Å²) in [5.41, 5.74) is 2.62. The molecular formula is C18H29NO2. The van der Waals surface area contributed by atoms with Gasteiger partial charge in [0.15, 0.2) is 0 Å². The van der Waals surface area contributed by atoms with Crippen molar-refractivity contribution in [2.45, 2.75) is 64.2 Å². The molecule has 1 saturated carbocycles. The Hall–Kier alpha value is -0.900. The van der Waals surface area contributed by atoms with Crippen LogP contribution in [0.5, 0.6) is 0 Å². The van der Waals surface area contributed by atoms with Gasteiger partial charge in [-0.05, 0) is 30.4 Å². The molecule has 3 heteroatoms. The van der Waals surface area contributed by atoms with E-state index < -0.39 is 6.10 Å². The minimum atomic E-state index is -0.415. The van der Waals surface area contributed by atoms with Gasteiger partial charge in [0, 0.05) is 13.1 Å². The number of benzene rings is 1. The highest BCUT2D eigenvalue weighted by molar-refractivity contribution is 5.22. The molecule has 0 aromatic heterocycles. The van der Waals surface area contributed by atoms with E-state index in [9.17, 15) is 5.11 Å². The standard InChI is InChI=1S/C18H29NO2/c1-2-15-8-10-16(11-9-15)12-19-13-17(20)14-21-18-6-4-3-5-7-18/h8-11,17-20H,2-7,12-14H2,1H3. The fraction of sp³-hybridized carbons (Fsp3) is 0.667. The third-order valence-corrected chi connectivity index (χ3v) is 4.22. The lowest BCUT2D eigenvalue weighted by Crippen LogP contribution is -2.32. The van der Waals surface area contributed by atoms with Crippen LogP contribution in [-0.2, 0) is 17.7 Å². The Morgan fingerprint density at radius 1 is 1.14 bits per heavy atom. The lowest BCUT2D eigenvalue weighted by molar-refractivity contribution is -0.0230. The molecule has 2 rings (SSSR count). The molecule has 118 valence electrons. The summed E-state index contributed by atoms with van der Waals surface area (Å²) >= 11 is 0. The zero-order valence-electron chi connectivity index (χ0n) is 13.2. The van der Waals surface area contributed by atoms with E-state index in [-0.39, 0.29) is 0 Å². The molecule has 1 aromatic carbocycles. The van der Waals surface area contributed by atoms with Crippen LogP contribution in [0.2, 0.25) is 0 Å². The third kappa shape index (κ3) is 6.16. The minimum Gasteiger partial charge on any atom is -0.389 e. The van der Waals surface area contributed by atoms with E-state index in [1.54, 1.807) is 0 Å². The molecule has 0 amide bonds. The summed E-state index contributed by atoms with van der Waals surface area (Å²) < 4.78 is 5.79. The lowest BCUT2D eigenvalue weighted by Gasteiger charge is -2.23. The van der Waals surface area contributed by atoms with Gasteiger partial charge >= 0.3 is 0 Å². The summed E-state index contributed by atoms with van der Waals surface area (Å²) in [5.74, 6) is 0. The van der Waals surface area contributed by atoms with Crippen molar-refractivity contribution >= 4 is 0 Å². The fourth-order valence-electron chi connectivity index (χ4n) is 2.81. The number of aliphatic hydroxyl groups excluding tert-OH is 1. The molecule has 0 radical (unpaired) electrons. The van der Waals surface area contributed by atoms with Crippen LogP contribution in [-0.4, -0.2) is 30.5 Å². The van der Waals surface area contributed by atoms with Gasteiger partial charge in [0.25, 0.3) is 0 Å². The second-order valence-electron chi connectivity index (χ2n) is 6.05. The predicted molar refractivity (Wildman–Crippen MR) is 86.4 cm³/mol. The molecule has 1 fully saturated rings. The van der Waals surface area contributed by atoms with Crippen LogP contribution in [0.1, 0.15) is 50.2 Å². The number of hydrogen-bond acceptors (Lipinski definition) is 3. The molecule has 2 N–H and O–H groups in total. The highest BCUT2D eigenvalue weighted by Crippen LogP contribution is 2.20.